The average Bonchev–Trinajstić information content (AvgIpc) is 3.03. The van der Waals surface area contributed by atoms with E-state index in [-0.39, 0.29) is 5.69 Å². The van der Waals surface area contributed by atoms with Crippen LogP contribution in [0.1, 0.15) is 19.8 Å². The Kier molecular flexibility index (Phi) is 6.20. The van der Waals surface area contributed by atoms with Gasteiger partial charge in [-0.05, 0) is 30.7 Å². The molecule has 1 fully saturated rings. The Balaban J connectivity index is 1.73. The first-order chi connectivity index (χ1) is 14.3. The molecular weight excluding hydrogens is 413 g/mol. The van der Waals surface area contributed by atoms with Gasteiger partial charge in [-0.2, -0.15) is 0 Å². The summed E-state index contributed by atoms with van der Waals surface area (Å²) in [6.45, 7) is 2.43. The van der Waals surface area contributed by atoms with Gasteiger partial charge in [0.15, 0.2) is 23.3 Å². The normalized spacial score (nSPS) is 16.3. The summed E-state index contributed by atoms with van der Waals surface area (Å²) in [6, 6.07) is 4.82. The van der Waals surface area contributed by atoms with Crippen molar-refractivity contribution in [3.05, 3.63) is 53.4 Å². The number of halogens is 5. The van der Waals surface area contributed by atoms with Crippen LogP contribution in [0.2, 0.25) is 0 Å². The Labute approximate surface area is 167 Å². The number of hydrazine groups is 1. The highest BCUT2D eigenvalue weighted by Crippen LogP contribution is 2.28. The number of carbonyl (C=O) groups excluding carboxylic acids is 2. The Morgan fingerprint density at radius 2 is 1.53 bits per heavy atom. The van der Waals surface area contributed by atoms with Gasteiger partial charge in [-0.3, -0.25) is 9.59 Å². The van der Waals surface area contributed by atoms with Crippen molar-refractivity contribution in [2.24, 2.45) is 0 Å². The third-order valence-corrected chi connectivity index (χ3v) is 4.30. The smallest absolute Gasteiger partial charge is 0.253 e. The van der Waals surface area contributed by atoms with Crippen LogP contribution in [0.25, 0.3) is 0 Å². The lowest BCUT2D eigenvalue weighted by molar-refractivity contribution is -0.121. The van der Waals surface area contributed by atoms with Crippen LogP contribution >= 0.6 is 0 Å². The van der Waals surface area contributed by atoms with Crippen molar-refractivity contribution in [2.75, 3.05) is 16.9 Å². The van der Waals surface area contributed by atoms with Crippen molar-refractivity contribution in [1.82, 2.24) is 5.43 Å². The summed E-state index contributed by atoms with van der Waals surface area (Å²) in [5.74, 6) is -11.6. The van der Waals surface area contributed by atoms with Crippen molar-refractivity contribution in [1.29, 1.82) is 0 Å². The number of hydrogen-bond acceptors (Lipinski definition) is 5. The summed E-state index contributed by atoms with van der Waals surface area (Å²) >= 11 is 0. The van der Waals surface area contributed by atoms with Gasteiger partial charge in [0.05, 0.1) is 18.7 Å². The quantitative estimate of drug-likeness (QED) is 0.232. The van der Waals surface area contributed by atoms with Gasteiger partial charge in [0.25, 0.3) is 5.91 Å². The van der Waals surface area contributed by atoms with Gasteiger partial charge >= 0.3 is 0 Å². The van der Waals surface area contributed by atoms with E-state index in [9.17, 15) is 31.5 Å². The molecule has 1 aliphatic rings. The summed E-state index contributed by atoms with van der Waals surface area (Å²) in [6.07, 6.45) is 0.406. The van der Waals surface area contributed by atoms with Crippen LogP contribution in [-0.4, -0.2) is 24.5 Å². The standard InChI is InChI=1S/C19H16F5N3O3/c1-2-7-30-10-5-3-9(4-6-10)27-12(28)8-11(19(27)29)25-26-18-16(23)14(21)13(20)15(22)17(18)24/h3-6,11,25-26H,2,7-8H2,1H3/t11-/m1/s1. The first-order valence-corrected chi connectivity index (χ1v) is 8.88. The molecule has 0 spiro atoms. The molecule has 1 aliphatic heterocycles. The number of nitrogens with one attached hydrogen (secondary N) is 2. The molecule has 0 aromatic heterocycles. The molecule has 2 aromatic carbocycles. The number of ether oxygens (including phenoxy) is 1. The molecule has 2 amide bonds. The molecule has 11 heteroatoms. The zero-order valence-corrected chi connectivity index (χ0v) is 15.6. The van der Waals surface area contributed by atoms with Gasteiger partial charge in [-0.1, -0.05) is 6.92 Å². The maximum Gasteiger partial charge on any atom is 0.253 e. The minimum absolute atomic E-state index is 0.245. The fraction of sp³-hybridized carbons (Fsp3) is 0.263. The molecule has 30 heavy (non-hydrogen) atoms. The summed E-state index contributed by atoms with van der Waals surface area (Å²) in [5.41, 5.74) is 2.86. The van der Waals surface area contributed by atoms with Crippen molar-refractivity contribution in [3.8, 4) is 5.75 Å². The van der Waals surface area contributed by atoms with Gasteiger partial charge in [-0.25, -0.2) is 32.3 Å². The minimum Gasteiger partial charge on any atom is -0.494 e. The van der Waals surface area contributed by atoms with Crippen molar-refractivity contribution in [2.45, 2.75) is 25.8 Å². The molecule has 2 N–H and O–H groups in total. The van der Waals surface area contributed by atoms with E-state index in [0.29, 0.717) is 12.4 Å². The van der Waals surface area contributed by atoms with E-state index in [1.165, 1.54) is 12.1 Å². The van der Waals surface area contributed by atoms with Crippen molar-refractivity contribution in [3.63, 3.8) is 0 Å². The molecule has 0 bridgehead atoms. The van der Waals surface area contributed by atoms with Gasteiger partial charge in [0.2, 0.25) is 11.7 Å². The van der Waals surface area contributed by atoms with E-state index < -0.39 is 59.1 Å². The molecular formula is C19H16F5N3O3. The fourth-order valence-corrected chi connectivity index (χ4v) is 2.80. The Hall–Kier alpha value is -3.21. The molecule has 0 radical (unpaired) electrons. The highest BCUT2D eigenvalue weighted by Gasteiger charge is 2.40. The molecule has 2 aromatic rings. The number of amides is 2. The van der Waals surface area contributed by atoms with Gasteiger partial charge < -0.3 is 10.2 Å². The Bertz CT molecular complexity index is 955. The topological polar surface area (TPSA) is 70.7 Å². The molecule has 6 nitrogen and oxygen atoms in total. The summed E-state index contributed by atoms with van der Waals surface area (Å²) in [7, 11) is 0. The lowest BCUT2D eigenvalue weighted by atomic mass is 10.2. The largest absolute Gasteiger partial charge is 0.494 e. The first-order valence-electron chi connectivity index (χ1n) is 8.88. The first kappa shape index (κ1) is 21.5. The molecule has 3 rings (SSSR count). The molecule has 1 saturated heterocycles. The zero-order valence-electron chi connectivity index (χ0n) is 15.6. The Morgan fingerprint density at radius 1 is 0.967 bits per heavy atom. The van der Waals surface area contributed by atoms with Crippen LogP contribution in [0.4, 0.5) is 33.3 Å². The maximum atomic E-state index is 13.7. The number of nitrogens with zero attached hydrogens (tertiary/aromatic N) is 1. The zero-order chi connectivity index (χ0) is 22.0. The lowest BCUT2D eigenvalue weighted by Crippen LogP contribution is -2.42. The van der Waals surface area contributed by atoms with Crippen LogP contribution in [0.15, 0.2) is 24.3 Å². The Morgan fingerprint density at radius 3 is 2.10 bits per heavy atom. The second kappa shape index (κ2) is 8.66. The van der Waals surface area contributed by atoms with Crippen LogP contribution in [0.3, 0.4) is 0 Å². The number of anilines is 2. The minimum atomic E-state index is -2.31. The molecule has 0 saturated carbocycles. The van der Waals surface area contributed by atoms with E-state index >= 15 is 0 Å². The van der Waals surface area contributed by atoms with E-state index in [1.807, 2.05) is 12.3 Å². The summed E-state index contributed by atoms with van der Waals surface area (Å²) in [5, 5.41) is 0. The van der Waals surface area contributed by atoms with Gasteiger partial charge in [0, 0.05) is 0 Å². The van der Waals surface area contributed by atoms with Crippen LogP contribution in [0, 0.1) is 29.1 Å². The number of imide groups is 1. The third-order valence-electron chi connectivity index (χ3n) is 4.30. The van der Waals surface area contributed by atoms with E-state index in [4.69, 9.17) is 4.74 Å². The molecule has 1 atom stereocenters. The molecule has 1 heterocycles. The predicted octanol–water partition coefficient (Wildman–Crippen LogP) is 3.42. The number of benzene rings is 2. The lowest BCUT2D eigenvalue weighted by Gasteiger charge is -2.17. The van der Waals surface area contributed by atoms with E-state index in [2.05, 4.69) is 5.43 Å². The van der Waals surface area contributed by atoms with Crippen LogP contribution < -0.4 is 20.5 Å². The van der Waals surface area contributed by atoms with E-state index in [0.717, 1.165) is 11.3 Å². The number of hydrogen-bond donors (Lipinski definition) is 2. The third kappa shape index (κ3) is 3.92. The van der Waals surface area contributed by atoms with Crippen molar-refractivity contribution < 1.29 is 36.3 Å². The van der Waals surface area contributed by atoms with Crippen LogP contribution in [0.5, 0.6) is 5.75 Å². The average molecular weight is 429 g/mol. The van der Waals surface area contributed by atoms with Crippen LogP contribution in [-0.2, 0) is 9.59 Å². The fourth-order valence-electron chi connectivity index (χ4n) is 2.80. The maximum absolute atomic E-state index is 13.7. The van der Waals surface area contributed by atoms with E-state index in [1.54, 1.807) is 12.1 Å². The van der Waals surface area contributed by atoms with Gasteiger partial charge in [-0.15, -0.1) is 0 Å². The second-order valence-corrected chi connectivity index (χ2v) is 6.38. The number of carbonyl (C=O) groups is 2. The number of rotatable bonds is 7. The van der Waals surface area contributed by atoms with Gasteiger partial charge in [0.1, 0.15) is 17.5 Å². The predicted molar refractivity (Wildman–Crippen MR) is 96.1 cm³/mol. The highest BCUT2D eigenvalue weighted by molar-refractivity contribution is 6.22. The monoisotopic (exact) mass is 429 g/mol. The second-order valence-electron chi connectivity index (χ2n) is 6.38. The SMILES string of the molecule is CCCOc1ccc(N2C(=O)C[C@@H](NNc3c(F)c(F)c(F)c(F)c3F)C2=O)cc1. The summed E-state index contributed by atoms with van der Waals surface area (Å²) in [4.78, 5) is 25.6. The summed E-state index contributed by atoms with van der Waals surface area (Å²) < 4.78 is 72.5. The molecule has 0 aliphatic carbocycles. The molecule has 160 valence electrons. The van der Waals surface area contributed by atoms with Crippen molar-refractivity contribution >= 4 is 23.2 Å². The molecule has 0 unspecified atom stereocenters. The highest BCUT2D eigenvalue weighted by atomic mass is 19.2.